The van der Waals surface area contributed by atoms with Crippen molar-refractivity contribution in [1.82, 2.24) is 14.9 Å². The van der Waals surface area contributed by atoms with Gasteiger partial charge < -0.3 is 20.5 Å². The van der Waals surface area contributed by atoms with Crippen LogP contribution in [0.3, 0.4) is 0 Å². The highest BCUT2D eigenvalue weighted by atomic mass is 16.2. The third kappa shape index (κ3) is 5.56. The van der Waals surface area contributed by atoms with Crippen LogP contribution in [0, 0.1) is 0 Å². The average molecular weight is 329 g/mol. The Bertz CT molecular complexity index is 712. The van der Waals surface area contributed by atoms with Crippen LogP contribution in [-0.4, -0.2) is 33.8 Å². The zero-order valence-electron chi connectivity index (χ0n) is 13.3. The zero-order chi connectivity index (χ0) is 17.4. The van der Waals surface area contributed by atoms with Crippen molar-refractivity contribution in [1.29, 1.82) is 0 Å². The number of hydrogen-bond donors (Lipinski definition) is 3. The van der Waals surface area contributed by atoms with E-state index in [9.17, 15) is 14.4 Å². The molecule has 0 fully saturated rings. The molecule has 8 heteroatoms. The molecule has 0 spiro atoms. The molecule has 126 valence electrons. The summed E-state index contributed by atoms with van der Waals surface area (Å²) in [7, 11) is 0. The summed E-state index contributed by atoms with van der Waals surface area (Å²) in [6, 6.07) is 6.57. The van der Waals surface area contributed by atoms with Gasteiger partial charge in [-0.2, -0.15) is 0 Å². The Hall–Kier alpha value is -3.16. The van der Waals surface area contributed by atoms with Crippen molar-refractivity contribution in [3.8, 4) is 0 Å². The van der Waals surface area contributed by atoms with Gasteiger partial charge in [0.05, 0.1) is 6.33 Å². The molecule has 0 aliphatic heterocycles. The number of nitrogens with zero attached hydrogens (tertiary/aromatic N) is 2. The van der Waals surface area contributed by atoms with Crippen molar-refractivity contribution in [2.45, 2.75) is 19.9 Å². The standard InChI is InChI=1S/C16H19N5O3/c1-12(22)19-13-4-2-5-14(10-13)20-16(24)15(23)18-6-3-8-21-9-7-17-11-21/h2,4-5,7,9-11H,3,6,8H2,1H3,(H,18,23)(H,19,22)(H,20,24). The first kappa shape index (κ1) is 17.2. The lowest BCUT2D eigenvalue weighted by molar-refractivity contribution is -0.136. The summed E-state index contributed by atoms with van der Waals surface area (Å²) < 4.78 is 1.89. The number of carbonyl (C=O) groups is 3. The van der Waals surface area contributed by atoms with E-state index in [0.717, 1.165) is 0 Å². The van der Waals surface area contributed by atoms with Gasteiger partial charge in [0.2, 0.25) is 5.91 Å². The fourth-order valence-corrected chi connectivity index (χ4v) is 2.03. The normalized spacial score (nSPS) is 10.0. The number of carbonyl (C=O) groups excluding carboxylic acids is 3. The van der Waals surface area contributed by atoms with Crippen LogP contribution in [0.4, 0.5) is 11.4 Å². The summed E-state index contributed by atoms with van der Waals surface area (Å²) in [5.74, 6) is -1.67. The first-order valence-electron chi connectivity index (χ1n) is 7.47. The first-order valence-corrected chi connectivity index (χ1v) is 7.47. The van der Waals surface area contributed by atoms with Crippen molar-refractivity contribution in [3.05, 3.63) is 43.0 Å². The van der Waals surface area contributed by atoms with E-state index in [1.807, 2.05) is 10.8 Å². The number of aryl methyl sites for hydroxylation is 1. The Morgan fingerprint density at radius 2 is 1.88 bits per heavy atom. The third-order valence-corrected chi connectivity index (χ3v) is 3.08. The second kappa shape index (κ2) is 8.47. The van der Waals surface area contributed by atoms with E-state index >= 15 is 0 Å². The van der Waals surface area contributed by atoms with Gasteiger partial charge in [-0.1, -0.05) is 6.07 Å². The fourth-order valence-electron chi connectivity index (χ4n) is 2.03. The minimum atomic E-state index is -0.752. The maximum atomic E-state index is 11.8. The highest BCUT2D eigenvalue weighted by Gasteiger charge is 2.13. The molecule has 0 unspecified atom stereocenters. The van der Waals surface area contributed by atoms with E-state index in [0.29, 0.717) is 30.9 Å². The smallest absolute Gasteiger partial charge is 0.313 e. The van der Waals surface area contributed by atoms with Crippen molar-refractivity contribution in [2.24, 2.45) is 0 Å². The highest BCUT2D eigenvalue weighted by molar-refractivity contribution is 6.39. The fraction of sp³-hybridized carbons (Fsp3) is 0.250. The van der Waals surface area contributed by atoms with Gasteiger partial charge in [-0.3, -0.25) is 14.4 Å². The molecule has 2 aromatic rings. The van der Waals surface area contributed by atoms with E-state index < -0.39 is 11.8 Å². The third-order valence-electron chi connectivity index (χ3n) is 3.08. The van der Waals surface area contributed by atoms with Crippen LogP contribution in [-0.2, 0) is 20.9 Å². The van der Waals surface area contributed by atoms with E-state index in [2.05, 4.69) is 20.9 Å². The molecule has 1 heterocycles. The molecule has 0 aliphatic rings. The van der Waals surface area contributed by atoms with Gasteiger partial charge in [0.1, 0.15) is 0 Å². The van der Waals surface area contributed by atoms with Crippen LogP contribution in [0.1, 0.15) is 13.3 Å². The molecule has 0 bridgehead atoms. The predicted octanol–water partition coefficient (Wildman–Crippen LogP) is 0.986. The summed E-state index contributed by atoms with van der Waals surface area (Å²) in [6.45, 7) is 2.49. The van der Waals surface area contributed by atoms with E-state index in [-0.39, 0.29) is 5.91 Å². The Kier molecular flexibility index (Phi) is 6.07. The van der Waals surface area contributed by atoms with Crippen LogP contribution >= 0.6 is 0 Å². The van der Waals surface area contributed by atoms with E-state index in [1.54, 1.807) is 36.8 Å². The topological polar surface area (TPSA) is 105 Å². The zero-order valence-corrected chi connectivity index (χ0v) is 13.3. The van der Waals surface area contributed by atoms with E-state index in [4.69, 9.17) is 0 Å². The van der Waals surface area contributed by atoms with Gasteiger partial charge in [0.25, 0.3) is 0 Å². The molecule has 0 radical (unpaired) electrons. The van der Waals surface area contributed by atoms with Crippen molar-refractivity contribution in [3.63, 3.8) is 0 Å². The maximum Gasteiger partial charge on any atom is 0.313 e. The summed E-state index contributed by atoms with van der Waals surface area (Å²) >= 11 is 0. The maximum absolute atomic E-state index is 11.8. The van der Waals surface area contributed by atoms with Gasteiger partial charge >= 0.3 is 11.8 Å². The number of benzene rings is 1. The minimum absolute atomic E-state index is 0.214. The van der Waals surface area contributed by atoms with Crippen molar-refractivity contribution >= 4 is 29.1 Å². The molecule has 0 saturated carbocycles. The van der Waals surface area contributed by atoms with Crippen molar-refractivity contribution < 1.29 is 14.4 Å². The van der Waals surface area contributed by atoms with E-state index in [1.165, 1.54) is 6.92 Å². The largest absolute Gasteiger partial charge is 0.348 e. The molecular weight excluding hydrogens is 310 g/mol. The van der Waals surface area contributed by atoms with Crippen LogP contribution in [0.2, 0.25) is 0 Å². The molecule has 0 aliphatic carbocycles. The summed E-state index contributed by atoms with van der Waals surface area (Å²) in [6.07, 6.45) is 5.89. The van der Waals surface area contributed by atoms with Gasteiger partial charge in [0.15, 0.2) is 0 Å². The Balaban J connectivity index is 1.76. The molecule has 1 aromatic carbocycles. The van der Waals surface area contributed by atoms with Gasteiger partial charge in [-0.05, 0) is 24.6 Å². The lowest BCUT2D eigenvalue weighted by Gasteiger charge is -2.08. The van der Waals surface area contributed by atoms with Crippen LogP contribution in [0.15, 0.2) is 43.0 Å². The number of hydrogen-bond acceptors (Lipinski definition) is 4. The van der Waals surface area contributed by atoms with Gasteiger partial charge in [0, 0.05) is 43.8 Å². The second-order valence-electron chi connectivity index (χ2n) is 5.13. The molecule has 8 nitrogen and oxygen atoms in total. The molecule has 3 amide bonds. The molecule has 0 atom stereocenters. The lowest BCUT2D eigenvalue weighted by atomic mass is 10.2. The van der Waals surface area contributed by atoms with Crippen LogP contribution in [0.25, 0.3) is 0 Å². The Morgan fingerprint density at radius 3 is 2.54 bits per heavy atom. The van der Waals surface area contributed by atoms with Crippen LogP contribution in [0.5, 0.6) is 0 Å². The van der Waals surface area contributed by atoms with Crippen molar-refractivity contribution in [2.75, 3.05) is 17.2 Å². The number of anilines is 2. The summed E-state index contributed by atoms with van der Waals surface area (Å²) in [4.78, 5) is 38.5. The number of imidazole rings is 1. The molecule has 24 heavy (non-hydrogen) atoms. The molecule has 2 rings (SSSR count). The first-order chi connectivity index (χ1) is 11.5. The molecule has 0 saturated heterocycles. The number of rotatable bonds is 6. The van der Waals surface area contributed by atoms with Crippen LogP contribution < -0.4 is 16.0 Å². The summed E-state index contributed by atoms with van der Waals surface area (Å²) in [5, 5.41) is 7.65. The predicted molar refractivity (Wildman–Crippen MR) is 89.2 cm³/mol. The molecular formula is C16H19N5O3. The number of nitrogens with one attached hydrogen (secondary N) is 3. The average Bonchev–Trinajstić information content (AvgIpc) is 3.04. The van der Waals surface area contributed by atoms with Gasteiger partial charge in [-0.25, -0.2) is 4.98 Å². The molecule has 3 N–H and O–H groups in total. The minimum Gasteiger partial charge on any atom is -0.348 e. The van der Waals surface area contributed by atoms with Gasteiger partial charge in [-0.15, -0.1) is 0 Å². The molecule has 1 aromatic heterocycles. The Labute approximate surface area is 139 Å². The second-order valence-corrected chi connectivity index (χ2v) is 5.13. The number of aromatic nitrogens is 2. The SMILES string of the molecule is CC(=O)Nc1cccc(NC(=O)C(=O)NCCCn2ccnc2)c1. The number of amides is 3. The quantitative estimate of drug-likeness (QED) is 0.543. The summed E-state index contributed by atoms with van der Waals surface area (Å²) in [5.41, 5.74) is 0.973. The lowest BCUT2D eigenvalue weighted by Crippen LogP contribution is -2.36. The Morgan fingerprint density at radius 1 is 1.12 bits per heavy atom. The monoisotopic (exact) mass is 329 g/mol. The highest BCUT2D eigenvalue weighted by Crippen LogP contribution is 2.14.